The number of hydrogen-bond acceptors (Lipinski definition) is 6. The van der Waals surface area contributed by atoms with Crippen LogP contribution < -0.4 is 4.74 Å². The monoisotopic (exact) mass is 509 g/mol. The Kier molecular flexibility index (Phi) is 5.67. The van der Waals surface area contributed by atoms with Crippen LogP contribution in [0.2, 0.25) is 0 Å². The van der Waals surface area contributed by atoms with Crippen molar-refractivity contribution in [3.63, 3.8) is 0 Å². The first-order chi connectivity index (χ1) is 18.3. The zero-order valence-electron chi connectivity index (χ0n) is 21.1. The highest BCUT2D eigenvalue weighted by Crippen LogP contribution is 2.55. The summed E-state index contributed by atoms with van der Waals surface area (Å²) in [7, 11) is 1.45. The van der Waals surface area contributed by atoms with Gasteiger partial charge in [0.1, 0.15) is 0 Å². The Morgan fingerprint density at radius 3 is 2.50 bits per heavy atom. The van der Waals surface area contributed by atoms with Crippen molar-refractivity contribution < 1.29 is 29.0 Å². The second-order valence-corrected chi connectivity index (χ2v) is 10.4. The smallest absolute Gasteiger partial charge is 0.234 e. The van der Waals surface area contributed by atoms with Crippen LogP contribution in [0.15, 0.2) is 83.0 Å². The van der Waals surface area contributed by atoms with Gasteiger partial charge in [-0.3, -0.25) is 24.1 Å². The molecule has 1 aliphatic heterocycles. The normalized spacial score (nSPS) is 26.5. The number of phenols is 1. The number of carbonyl (C=O) groups excluding carboxylic acids is 4. The van der Waals surface area contributed by atoms with Crippen LogP contribution in [0.25, 0.3) is 0 Å². The lowest BCUT2D eigenvalue weighted by atomic mass is 9.59. The molecule has 4 aliphatic rings. The second-order valence-electron chi connectivity index (χ2n) is 10.4. The molecule has 192 valence electrons. The molecule has 0 saturated carbocycles. The maximum atomic E-state index is 13.8. The number of allylic oxidation sites excluding steroid dienone is 6. The minimum atomic E-state index is -0.601. The van der Waals surface area contributed by atoms with Crippen molar-refractivity contribution in [2.45, 2.75) is 32.2 Å². The molecule has 1 N–H and O–H groups in total. The molecule has 0 radical (unpaired) electrons. The Labute approximate surface area is 220 Å². The van der Waals surface area contributed by atoms with Gasteiger partial charge in [0, 0.05) is 22.6 Å². The second kappa shape index (κ2) is 8.94. The summed E-state index contributed by atoms with van der Waals surface area (Å²) in [6, 6.07) is 14.3. The highest BCUT2D eigenvalue weighted by Gasteiger charge is 2.56. The molecule has 0 bridgehead atoms. The van der Waals surface area contributed by atoms with Crippen molar-refractivity contribution >= 4 is 23.4 Å². The minimum absolute atomic E-state index is 0.0367. The molecule has 2 aromatic carbocycles. The molecule has 2 amide bonds. The number of benzene rings is 2. The van der Waals surface area contributed by atoms with Crippen molar-refractivity contribution in [1.82, 2.24) is 4.90 Å². The van der Waals surface area contributed by atoms with E-state index in [4.69, 9.17) is 4.74 Å². The number of amides is 2. The van der Waals surface area contributed by atoms with Crippen LogP contribution in [-0.2, 0) is 25.7 Å². The number of hydrogen-bond donors (Lipinski definition) is 1. The highest BCUT2D eigenvalue weighted by atomic mass is 16.5. The zero-order chi connectivity index (χ0) is 26.7. The Morgan fingerprint density at radius 1 is 1.00 bits per heavy atom. The lowest BCUT2D eigenvalue weighted by Crippen LogP contribution is -2.39. The average Bonchev–Trinajstić information content (AvgIpc) is 3.16. The molecule has 3 aliphatic carbocycles. The largest absolute Gasteiger partial charge is 0.504 e. The van der Waals surface area contributed by atoms with Gasteiger partial charge >= 0.3 is 0 Å². The van der Waals surface area contributed by atoms with Crippen molar-refractivity contribution in [1.29, 1.82) is 0 Å². The van der Waals surface area contributed by atoms with Gasteiger partial charge in [0.2, 0.25) is 11.8 Å². The number of methoxy groups -OCH3 is 1. The van der Waals surface area contributed by atoms with E-state index < -0.39 is 23.7 Å². The quantitative estimate of drug-likeness (QED) is 0.380. The van der Waals surface area contributed by atoms with Gasteiger partial charge in [0.05, 0.1) is 25.5 Å². The lowest BCUT2D eigenvalue weighted by Gasteiger charge is -2.42. The number of imide groups is 1. The van der Waals surface area contributed by atoms with Crippen LogP contribution in [0.4, 0.5) is 0 Å². The molecule has 38 heavy (non-hydrogen) atoms. The summed E-state index contributed by atoms with van der Waals surface area (Å²) >= 11 is 0. The van der Waals surface area contributed by atoms with Gasteiger partial charge in [-0.1, -0.05) is 48.0 Å². The van der Waals surface area contributed by atoms with Crippen LogP contribution >= 0.6 is 0 Å². The van der Waals surface area contributed by atoms with Gasteiger partial charge in [-0.25, -0.2) is 0 Å². The van der Waals surface area contributed by atoms with Gasteiger partial charge in [-0.2, -0.15) is 0 Å². The number of ether oxygens (including phenoxy) is 1. The van der Waals surface area contributed by atoms with Crippen molar-refractivity contribution in [2.24, 2.45) is 17.8 Å². The number of Topliss-reactive ketones (excluding diaryl/α,β-unsaturated/α-hetero) is 1. The van der Waals surface area contributed by atoms with Crippen molar-refractivity contribution in [3.8, 4) is 11.5 Å². The predicted octanol–water partition coefficient (Wildman–Crippen LogP) is 4.03. The van der Waals surface area contributed by atoms with Gasteiger partial charge in [0.25, 0.3) is 0 Å². The molecular weight excluding hydrogens is 482 g/mol. The first-order valence-corrected chi connectivity index (χ1v) is 12.8. The number of carbonyl (C=O) groups is 4. The first kappa shape index (κ1) is 24.1. The van der Waals surface area contributed by atoms with E-state index in [0.29, 0.717) is 28.7 Å². The van der Waals surface area contributed by atoms with E-state index in [1.165, 1.54) is 24.2 Å². The number of nitrogens with zero attached hydrogens (tertiary/aromatic N) is 1. The number of phenolic OH excluding ortho intramolecular Hbond substituents is 1. The predicted molar refractivity (Wildman–Crippen MR) is 138 cm³/mol. The van der Waals surface area contributed by atoms with E-state index in [1.807, 2.05) is 36.4 Å². The number of rotatable bonds is 4. The number of ketones is 2. The van der Waals surface area contributed by atoms with Crippen LogP contribution in [0.5, 0.6) is 11.5 Å². The van der Waals surface area contributed by atoms with Crippen molar-refractivity contribution in [3.05, 3.63) is 94.1 Å². The summed E-state index contributed by atoms with van der Waals surface area (Å²) in [4.78, 5) is 55.3. The highest BCUT2D eigenvalue weighted by molar-refractivity contribution is 6.23. The summed E-state index contributed by atoms with van der Waals surface area (Å²) in [6.07, 6.45) is 3.99. The molecule has 4 atom stereocenters. The fourth-order valence-corrected chi connectivity index (χ4v) is 6.62. The van der Waals surface area contributed by atoms with Gasteiger partial charge in [-0.15, -0.1) is 0 Å². The molecule has 7 nitrogen and oxygen atoms in total. The molecule has 1 saturated heterocycles. The summed E-state index contributed by atoms with van der Waals surface area (Å²) in [6.45, 7) is 1.84. The third-order valence-electron chi connectivity index (χ3n) is 8.37. The standard InChI is InChI=1S/C31H27NO6/c1-16-12-24(34)28-22(29(16)35)14-21-19(26(28)18-8-11-23(33)25(13-18)38-2)9-10-20-27(21)31(37)32(30(20)36)15-17-6-4-3-5-7-17/h3-9,11-13,20-21,26-27,33H,10,14-15H2,1-2H3/t20-,21+,26-,27-/m0/s1. The SMILES string of the molecule is COc1cc([C@H]2C3=CC[C@@H]4C(=O)N(Cc5ccccc5)C(=O)[C@@H]4[C@@H]3CC3=C2C(=O)C=C(C)C3=O)ccc1O. The fraction of sp³-hybridized carbons (Fsp3) is 0.290. The molecule has 7 heteroatoms. The van der Waals surface area contributed by atoms with Crippen LogP contribution in [0, 0.1) is 17.8 Å². The molecular formula is C31H27NO6. The van der Waals surface area contributed by atoms with E-state index in [9.17, 15) is 24.3 Å². The Bertz CT molecular complexity index is 1500. The summed E-state index contributed by atoms with van der Waals surface area (Å²) in [5.74, 6) is -2.70. The Balaban J connectivity index is 1.45. The Morgan fingerprint density at radius 2 is 1.76 bits per heavy atom. The van der Waals surface area contributed by atoms with E-state index in [2.05, 4.69) is 0 Å². The molecule has 1 heterocycles. The molecule has 0 aromatic heterocycles. The van der Waals surface area contributed by atoms with Gasteiger partial charge in [0.15, 0.2) is 23.1 Å². The summed E-state index contributed by atoms with van der Waals surface area (Å²) in [5, 5.41) is 10.2. The average molecular weight is 510 g/mol. The van der Waals surface area contributed by atoms with Gasteiger partial charge < -0.3 is 9.84 Å². The van der Waals surface area contributed by atoms with Gasteiger partial charge in [-0.05, 0) is 55.0 Å². The maximum absolute atomic E-state index is 13.8. The minimum Gasteiger partial charge on any atom is -0.504 e. The lowest BCUT2D eigenvalue weighted by molar-refractivity contribution is -0.140. The fourth-order valence-electron chi connectivity index (χ4n) is 6.62. The third-order valence-corrected chi connectivity index (χ3v) is 8.37. The molecule has 1 fully saturated rings. The molecule has 0 spiro atoms. The van der Waals surface area contributed by atoms with Crippen LogP contribution in [-0.4, -0.2) is 40.5 Å². The summed E-state index contributed by atoms with van der Waals surface area (Å²) < 4.78 is 5.33. The first-order valence-electron chi connectivity index (χ1n) is 12.8. The Hall–Kier alpha value is -4.26. The van der Waals surface area contributed by atoms with E-state index in [-0.39, 0.29) is 47.8 Å². The molecule has 6 rings (SSSR count). The maximum Gasteiger partial charge on any atom is 0.234 e. The number of fused-ring (bicyclic) bond motifs is 3. The molecule has 2 aromatic rings. The number of aromatic hydroxyl groups is 1. The molecule has 0 unspecified atom stereocenters. The van der Waals surface area contributed by atoms with Crippen LogP contribution in [0.1, 0.15) is 36.8 Å². The van der Waals surface area contributed by atoms with Crippen LogP contribution in [0.3, 0.4) is 0 Å². The number of likely N-dealkylation sites (tertiary alicyclic amines) is 1. The zero-order valence-corrected chi connectivity index (χ0v) is 21.1. The van der Waals surface area contributed by atoms with Crippen molar-refractivity contribution in [2.75, 3.05) is 7.11 Å². The van der Waals surface area contributed by atoms with E-state index in [1.54, 1.807) is 19.1 Å². The topological polar surface area (TPSA) is 101 Å². The third kappa shape index (κ3) is 3.56. The summed E-state index contributed by atoms with van der Waals surface area (Å²) in [5.41, 5.74) is 3.62. The van der Waals surface area contributed by atoms with E-state index >= 15 is 0 Å². The van der Waals surface area contributed by atoms with E-state index in [0.717, 1.165) is 11.1 Å².